The number of hydrogen-bond donors (Lipinski definition) is 1. The lowest BCUT2D eigenvalue weighted by Gasteiger charge is -2.18. The predicted octanol–water partition coefficient (Wildman–Crippen LogP) is 1.63. The lowest BCUT2D eigenvalue weighted by atomic mass is 10.3. The number of benzene rings is 1. The Bertz CT molecular complexity index is 302. The molecule has 1 aliphatic heterocycles. The van der Waals surface area contributed by atoms with E-state index in [0.29, 0.717) is 6.10 Å². The molecule has 1 fully saturated rings. The van der Waals surface area contributed by atoms with Gasteiger partial charge in [-0.3, -0.25) is 0 Å². The molecular weight excluding hydrogens is 200 g/mol. The number of para-hydroxylation sites is 1. The van der Waals surface area contributed by atoms with Crippen LogP contribution in [0.5, 0.6) is 0 Å². The van der Waals surface area contributed by atoms with Crippen LogP contribution in [0.15, 0.2) is 30.3 Å². The molecule has 1 heterocycles. The van der Waals surface area contributed by atoms with Gasteiger partial charge in [-0.05, 0) is 31.5 Å². The molecule has 2 rings (SSSR count). The molecule has 0 unspecified atom stereocenters. The van der Waals surface area contributed by atoms with Gasteiger partial charge in [-0.15, -0.1) is 0 Å². The van der Waals surface area contributed by atoms with Gasteiger partial charge in [0.1, 0.15) is 0 Å². The van der Waals surface area contributed by atoms with Crippen molar-refractivity contribution in [3.63, 3.8) is 0 Å². The smallest absolute Gasteiger partial charge is 0.0766 e. The first-order valence-electron chi connectivity index (χ1n) is 6.02. The zero-order chi connectivity index (χ0) is 11.2. The molecule has 0 aromatic heterocycles. The molecule has 0 saturated carbocycles. The third-order valence-electron chi connectivity index (χ3n) is 2.97. The zero-order valence-corrected chi connectivity index (χ0v) is 9.64. The topological polar surface area (TPSA) is 38.5 Å². The van der Waals surface area contributed by atoms with E-state index in [1.807, 2.05) is 0 Å². The van der Waals surface area contributed by atoms with Crippen LogP contribution in [0.25, 0.3) is 0 Å². The van der Waals surface area contributed by atoms with Crippen molar-refractivity contribution in [2.24, 2.45) is 5.73 Å². The summed E-state index contributed by atoms with van der Waals surface area (Å²) in [4.78, 5) is 2.38. The number of nitrogens with zero attached hydrogens (tertiary/aromatic N) is 1. The van der Waals surface area contributed by atoms with Crippen LogP contribution in [-0.2, 0) is 4.74 Å². The Labute approximate surface area is 97.2 Å². The van der Waals surface area contributed by atoms with E-state index < -0.39 is 0 Å². The Hall–Kier alpha value is -1.06. The Morgan fingerprint density at radius 3 is 2.88 bits per heavy atom. The molecule has 3 nitrogen and oxygen atoms in total. The minimum absolute atomic E-state index is 0.381. The van der Waals surface area contributed by atoms with Crippen molar-refractivity contribution >= 4 is 5.69 Å². The first-order chi connectivity index (χ1) is 7.90. The molecule has 1 aromatic rings. The van der Waals surface area contributed by atoms with Crippen molar-refractivity contribution in [2.45, 2.75) is 18.9 Å². The van der Waals surface area contributed by atoms with E-state index in [1.54, 1.807) is 0 Å². The third kappa shape index (κ3) is 2.97. The molecule has 2 N–H and O–H groups in total. The fourth-order valence-electron chi connectivity index (χ4n) is 2.07. The van der Waals surface area contributed by atoms with Crippen LogP contribution < -0.4 is 10.6 Å². The summed E-state index contributed by atoms with van der Waals surface area (Å²) in [5.74, 6) is 0. The monoisotopic (exact) mass is 220 g/mol. The van der Waals surface area contributed by atoms with Crippen LogP contribution in [0.3, 0.4) is 0 Å². The summed E-state index contributed by atoms with van der Waals surface area (Å²) in [7, 11) is 0. The van der Waals surface area contributed by atoms with Crippen LogP contribution in [0.4, 0.5) is 5.69 Å². The number of rotatable bonds is 5. The van der Waals surface area contributed by atoms with Gasteiger partial charge < -0.3 is 15.4 Å². The first-order valence-corrected chi connectivity index (χ1v) is 6.02. The van der Waals surface area contributed by atoms with E-state index in [0.717, 1.165) is 39.1 Å². The van der Waals surface area contributed by atoms with Gasteiger partial charge >= 0.3 is 0 Å². The van der Waals surface area contributed by atoms with E-state index in [-0.39, 0.29) is 0 Å². The quantitative estimate of drug-likeness (QED) is 0.766. The summed E-state index contributed by atoms with van der Waals surface area (Å²) >= 11 is 0. The van der Waals surface area contributed by atoms with Gasteiger partial charge in [-0.25, -0.2) is 0 Å². The highest BCUT2D eigenvalue weighted by Gasteiger charge is 2.22. The van der Waals surface area contributed by atoms with E-state index in [9.17, 15) is 0 Å². The van der Waals surface area contributed by atoms with Gasteiger partial charge in [0.15, 0.2) is 0 Å². The van der Waals surface area contributed by atoms with Crippen molar-refractivity contribution in [3.8, 4) is 0 Å². The van der Waals surface area contributed by atoms with E-state index in [2.05, 4.69) is 35.2 Å². The summed E-state index contributed by atoms with van der Waals surface area (Å²) < 4.78 is 5.77. The highest BCUT2D eigenvalue weighted by molar-refractivity contribution is 5.47. The molecule has 0 spiro atoms. The average molecular weight is 220 g/mol. The van der Waals surface area contributed by atoms with Crippen LogP contribution in [0.1, 0.15) is 12.8 Å². The van der Waals surface area contributed by atoms with Gasteiger partial charge in [-0.2, -0.15) is 0 Å². The summed E-state index contributed by atoms with van der Waals surface area (Å²) in [6.07, 6.45) is 2.47. The molecule has 0 aliphatic carbocycles. The van der Waals surface area contributed by atoms with Crippen LogP contribution >= 0.6 is 0 Å². The minimum Gasteiger partial charge on any atom is -0.376 e. The van der Waals surface area contributed by atoms with Crippen molar-refractivity contribution in [2.75, 3.05) is 31.1 Å². The van der Waals surface area contributed by atoms with Gasteiger partial charge in [0, 0.05) is 25.4 Å². The Kier molecular flexibility index (Phi) is 4.19. The second-order valence-electron chi connectivity index (χ2n) is 4.21. The Morgan fingerprint density at radius 2 is 2.12 bits per heavy atom. The fraction of sp³-hybridized carbons (Fsp3) is 0.538. The van der Waals surface area contributed by atoms with Crippen molar-refractivity contribution in [1.82, 2.24) is 0 Å². The highest BCUT2D eigenvalue weighted by atomic mass is 16.5. The molecule has 16 heavy (non-hydrogen) atoms. The molecule has 88 valence electrons. The van der Waals surface area contributed by atoms with Crippen LogP contribution in [0, 0.1) is 0 Å². The lowest BCUT2D eigenvalue weighted by molar-refractivity contribution is 0.0676. The summed E-state index contributed by atoms with van der Waals surface area (Å²) in [6, 6.07) is 10.5. The fourth-order valence-corrected chi connectivity index (χ4v) is 2.07. The Balaban J connectivity index is 1.79. The maximum absolute atomic E-state index is 5.77. The summed E-state index contributed by atoms with van der Waals surface area (Å²) in [6.45, 7) is 3.62. The molecular formula is C13H20N2O. The molecule has 1 saturated heterocycles. The van der Waals surface area contributed by atoms with Crippen LogP contribution in [0.2, 0.25) is 0 Å². The maximum Gasteiger partial charge on any atom is 0.0766 e. The largest absolute Gasteiger partial charge is 0.376 e. The molecule has 1 atom stereocenters. The van der Waals surface area contributed by atoms with Gasteiger partial charge in [-0.1, -0.05) is 18.2 Å². The lowest BCUT2D eigenvalue weighted by Crippen LogP contribution is -2.23. The van der Waals surface area contributed by atoms with Crippen LogP contribution in [-0.4, -0.2) is 32.3 Å². The molecule has 1 aromatic carbocycles. The highest BCUT2D eigenvalue weighted by Crippen LogP contribution is 2.21. The SMILES string of the molecule is NCCCO[C@H]1CCN(c2ccccc2)C1. The number of ether oxygens (including phenoxy) is 1. The number of anilines is 1. The summed E-state index contributed by atoms with van der Waals surface area (Å²) in [5, 5.41) is 0. The van der Waals surface area contributed by atoms with Crippen molar-refractivity contribution in [1.29, 1.82) is 0 Å². The third-order valence-corrected chi connectivity index (χ3v) is 2.97. The molecule has 0 radical (unpaired) electrons. The number of hydrogen-bond acceptors (Lipinski definition) is 3. The average Bonchev–Trinajstić information content (AvgIpc) is 2.79. The van der Waals surface area contributed by atoms with E-state index in [4.69, 9.17) is 10.5 Å². The minimum atomic E-state index is 0.381. The van der Waals surface area contributed by atoms with E-state index in [1.165, 1.54) is 5.69 Å². The Morgan fingerprint density at radius 1 is 1.31 bits per heavy atom. The van der Waals surface area contributed by atoms with Gasteiger partial charge in [0.2, 0.25) is 0 Å². The second kappa shape index (κ2) is 5.87. The second-order valence-corrected chi connectivity index (χ2v) is 4.21. The normalized spacial score (nSPS) is 20.3. The molecule has 1 aliphatic rings. The van der Waals surface area contributed by atoms with Gasteiger partial charge in [0.05, 0.1) is 6.10 Å². The zero-order valence-electron chi connectivity index (χ0n) is 9.64. The van der Waals surface area contributed by atoms with Gasteiger partial charge in [0.25, 0.3) is 0 Å². The van der Waals surface area contributed by atoms with Crippen molar-refractivity contribution < 1.29 is 4.74 Å². The molecule has 0 amide bonds. The maximum atomic E-state index is 5.77. The standard InChI is InChI=1S/C13H20N2O/c14-8-4-10-16-13-7-9-15(11-13)12-5-2-1-3-6-12/h1-3,5-6,13H,4,7-11,14H2/t13-/m0/s1. The van der Waals surface area contributed by atoms with Crippen molar-refractivity contribution in [3.05, 3.63) is 30.3 Å². The molecule has 3 heteroatoms. The molecule has 0 bridgehead atoms. The number of nitrogens with two attached hydrogens (primary N) is 1. The van der Waals surface area contributed by atoms with E-state index >= 15 is 0 Å². The first kappa shape index (κ1) is 11.4. The summed E-state index contributed by atoms with van der Waals surface area (Å²) in [5.41, 5.74) is 6.74. The predicted molar refractivity (Wildman–Crippen MR) is 66.7 cm³/mol.